The highest BCUT2D eigenvalue weighted by Gasteiger charge is 2.10. The van der Waals surface area contributed by atoms with Gasteiger partial charge in [-0.1, -0.05) is 41.6 Å². The molecule has 1 N–H and O–H groups in total. The molecule has 2 aromatic carbocycles. The van der Waals surface area contributed by atoms with Gasteiger partial charge < -0.3 is 9.84 Å². The van der Waals surface area contributed by atoms with Gasteiger partial charge in [0.25, 0.3) is 5.91 Å². The number of nitrogens with zero attached hydrogens (tertiary/aromatic N) is 1. The Morgan fingerprint density at radius 1 is 1.20 bits per heavy atom. The van der Waals surface area contributed by atoms with Gasteiger partial charge in [0, 0.05) is 11.6 Å². The number of aryl methyl sites for hydroxylation is 1. The summed E-state index contributed by atoms with van der Waals surface area (Å²) in [7, 11) is 0. The lowest BCUT2D eigenvalue weighted by Crippen LogP contribution is -2.23. The van der Waals surface area contributed by atoms with Crippen LogP contribution in [0.15, 0.2) is 53.1 Å². The summed E-state index contributed by atoms with van der Waals surface area (Å²) < 4.78 is 4.97. The van der Waals surface area contributed by atoms with E-state index in [1.807, 2.05) is 55.5 Å². The fraction of sp³-hybridized carbons (Fsp3) is 0.125. The van der Waals surface area contributed by atoms with Crippen LogP contribution in [0.5, 0.6) is 0 Å². The Morgan fingerprint density at radius 3 is 2.80 bits per heavy atom. The number of benzene rings is 2. The minimum atomic E-state index is -0.109. The maximum Gasteiger partial charge on any atom is 0.252 e. The van der Waals surface area contributed by atoms with Crippen molar-refractivity contribution >= 4 is 16.7 Å². The molecule has 1 aromatic heterocycles. The largest absolute Gasteiger partial charge is 0.361 e. The van der Waals surface area contributed by atoms with Crippen molar-refractivity contribution < 1.29 is 9.32 Å². The molecular formula is C16H14N2O2. The molecule has 3 aromatic rings. The molecule has 0 aliphatic heterocycles. The van der Waals surface area contributed by atoms with E-state index < -0.39 is 0 Å². The van der Waals surface area contributed by atoms with Crippen molar-refractivity contribution in [2.24, 2.45) is 0 Å². The van der Waals surface area contributed by atoms with Gasteiger partial charge in [-0.2, -0.15) is 0 Å². The van der Waals surface area contributed by atoms with Crippen molar-refractivity contribution in [3.63, 3.8) is 0 Å². The van der Waals surface area contributed by atoms with Crippen LogP contribution in [0, 0.1) is 6.92 Å². The molecule has 0 aliphatic rings. The number of carbonyl (C=O) groups excluding carboxylic acids is 1. The number of nitrogens with one attached hydrogen (secondary N) is 1. The van der Waals surface area contributed by atoms with E-state index in [1.165, 1.54) is 0 Å². The fourth-order valence-electron chi connectivity index (χ4n) is 2.19. The van der Waals surface area contributed by atoms with Gasteiger partial charge in [0.15, 0.2) is 0 Å². The van der Waals surface area contributed by atoms with E-state index >= 15 is 0 Å². The van der Waals surface area contributed by atoms with Gasteiger partial charge in [-0.25, -0.2) is 0 Å². The maximum absolute atomic E-state index is 12.3. The van der Waals surface area contributed by atoms with Crippen LogP contribution in [0.3, 0.4) is 0 Å². The lowest BCUT2D eigenvalue weighted by Gasteiger charge is -2.06. The lowest BCUT2D eigenvalue weighted by atomic mass is 10.0. The van der Waals surface area contributed by atoms with E-state index in [1.54, 1.807) is 0 Å². The van der Waals surface area contributed by atoms with Crippen LogP contribution < -0.4 is 5.32 Å². The summed E-state index contributed by atoms with van der Waals surface area (Å²) >= 11 is 0. The minimum absolute atomic E-state index is 0.109. The average Bonchev–Trinajstić information content (AvgIpc) is 2.90. The van der Waals surface area contributed by atoms with E-state index in [0.29, 0.717) is 12.1 Å². The SMILES string of the molecule is Cc1cc(CNC(=O)c2cccc3ccccc23)no1. The van der Waals surface area contributed by atoms with Gasteiger partial charge >= 0.3 is 0 Å². The summed E-state index contributed by atoms with van der Waals surface area (Å²) in [6, 6.07) is 15.3. The molecule has 100 valence electrons. The summed E-state index contributed by atoms with van der Waals surface area (Å²) in [5.41, 5.74) is 1.39. The number of fused-ring (bicyclic) bond motifs is 1. The van der Waals surface area contributed by atoms with Crippen molar-refractivity contribution in [3.05, 3.63) is 65.5 Å². The molecular weight excluding hydrogens is 252 g/mol. The van der Waals surface area contributed by atoms with Crippen LogP contribution >= 0.6 is 0 Å². The van der Waals surface area contributed by atoms with Gasteiger partial charge in [0.2, 0.25) is 0 Å². The molecule has 4 nitrogen and oxygen atoms in total. The molecule has 0 bridgehead atoms. The van der Waals surface area contributed by atoms with E-state index in [9.17, 15) is 4.79 Å². The Morgan fingerprint density at radius 2 is 2.00 bits per heavy atom. The molecule has 0 aliphatic carbocycles. The molecule has 1 heterocycles. The van der Waals surface area contributed by atoms with Crippen molar-refractivity contribution in [2.45, 2.75) is 13.5 Å². The second-order valence-electron chi connectivity index (χ2n) is 4.64. The van der Waals surface area contributed by atoms with Gasteiger partial charge in [0.05, 0.1) is 6.54 Å². The number of amides is 1. The van der Waals surface area contributed by atoms with Crippen LogP contribution in [-0.2, 0) is 6.54 Å². The van der Waals surface area contributed by atoms with Crippen molar-refractivity contribution in [2.75, 3.05) is 0 Å². The van der Waals surface area contributed by atoms with E-state index in [2.05, 4.69) is 10.5 Å². The third kappa shape index (κ3) is 2.40. The maximum atomic E-state index is 12.3. The number of aromatic nitrogens is 1. The van der Waals surface area contributed by atoms with Crippen LogP contribution in [0.1, 0.15) is 21.8 Å². The summed E-state index contributed by atoms with van der Waals surface area (Å²) in [5, 5.41) is 8.71. The summed E-state index contributed by atoms with van der Waals surface area (Å²) in [6.07, 6.45) is 0. The first-order valence-corrected chi connectivity index (χ1v) is 6.42. The minimum Gasteiger partial charge on any atom is -0.361 e. The molecule has 4 heteroatoms. The molecule has 0 spiro atoms. The first-order chi connectivity index (χ1) is 9.74. The third-order valence-electron chi connectivity index (χ3n) is 3.14. The Hall–Kier alpha value is -2.62. The molecule has 0 saturated heterocycles. The van der Waals surface area contributed by atoms with Crippen LogP contribution in [-0.4, -0.2) is 11.1 Å². The standard InChI is InChI=1S/C16H14N2O2/c1-11-9-13(18-20-11)10-17-16(19)15-8-4-6-12-5-2-3-7-14(12)15/h2-9H,10H2,1H3,(H,17,19). The molecule has 0 atom stereocenters. The molecule has 0 unspecified atom stereocenters. The molecule has 0 radical (unpaired) electrons. The van der Waals surface area contributed by atoms with Crippen molar-refractivity contribution in [1.82, 2.24) is 10.5 Å². The zero-order chi connectivity index (χ0) is 13.9. The van der Waals surface area contributed by atoms with Crippen molar-refractivity contribution in [3.8, 4) is 0 Å². The topological polar surface area (TPSA) is 55.1 Å². The Balaban J connectivity index is 1.82. The molecule has 1 amide bonds. The molecule has 0 saturated carbocycles. The molecule has 3 rings (SSSR count). The number of carbonyl (C=O) groups is 1. The quantitative estimate of drug-likeness (QED) is 0.792. The number of rotatable bonds is 3. The van der Waals surface area contributed by atoms with Gasteiger partial charge in [-0.05, 0) is 23.8 Å². The average molecular weight is 266 g/mol. The summed E-state index contributed by atoms with van der Waals surface area (Å²) in [6.45, 7) is 2.18. The third-order valence-corrected chi connectivity index (χ3v) is 3.14. The van der Waals surface area contributed by atoms with Gasteiger partial charge in [-0.15, -0.1) is 0 Å². The highest BCUT2D eigenvalue weighted by atomic mass is 16.5. The van der Waals surface area contributed by atoms with E-state index in [0.717, 1.165) is 22.2 Å². The predicted molar refractivity (Wildman–Crippen MR) is 76.4 cm³/mol. The summed E-state index contributed by atoms with van der Waals surface area (Å²) in [5.74, 6) is 0.627. The Bertz CT molecular complexity index is 757. The number of hydrogen-bond donors (Lipinski definition) is 1. The van der Waals surface area contributed by atoms with Crippen LogP contribution in [0.25, 0.3) is 10.8 Å². The number of hydrogen-bond acceptors (Lipinski definition) is 3. The van der Waals surface area contributed by atoms with E-state index in [4.69, 9.17) is 4.52 Å². The normalized spacial score (nSPS) is 10.7. The Kier molecular flexibility index (Phi) is 3.21. The molecule has 0 fully saturated rings. The van der Waals surface area contributed by atoms with Gasteiger partial charge in [-0.3, -0.25) is 4.79 Å². The second-order valence-corrected chi connectivity index (χ2v) is 4.64. The first kappa shape index (κ1) is 12.4. The zero-order valence-electron chi connectivity index (χ0n) is 11.1. The summed E-state index contributed by atoms with van der Waals surface area (Å²) in [4.78, 5) is 12.3. The Labute approximate surface area is 116 Å². The van der Waals surface area contributed by atoms with Crippen molar-refractivity contribution in [1.29, 1.82) is 0 Å². The van der Waals surface area contributed by atoms with Gasteiger partial charge in [0.1, 0.15) is 11.5 Å². The highest BCUT2D eigenvalue weighted by Crippen LogP contribution is 2.18. The smallest absolute Gasteiger partial charge is 0.252 e. The van der Waals surface area contributed by atoms with Crippen LogP contribution in [0.2, 0.25) is 0 Å². The molecule has 20 heavy (non-hydrogen) atoms. The first-order valence-electron chi connectivity index (χ1n) is 6.42. The highest BCUT2D eigenvalue weighted by molar-refractivity contribution is 6.06. The second kappa shape index (κ2) is 5.17. The van der Waals surface area contributed by atoms with Crippen LogP contribution in [0.4, 0.5) is 0 Å². The monoisotopic (exact) mass is 266 g/mol. The fourth-order valence-corrected chi connectivity index (χ4v) is 2.19. The van der Waals surface area contributed by atoms with E-state index in [-0.39, 0.29) is 5.91 Å². The predicted octanol–water partition coefficient (Wildman–Crippen LogP) is 3.07. The lowest BCUT2D eigenvalue weighted by molar-refractivity contribution is 0.0952. The zero-order valence-corrected chi connectivity index (χ0v) is 11.1.